The number of hydrogen-bond acceptors (Lipinski definition) is 3. The van der Waals surface area contributed by atoms with Crippen molar-refractivity contribution in [3.8, 4) is 0 Å². The monoisotopic (exact) mass is 304 g/mol. The summed E-state index contributed by atoms with van der Waals surface area (Å²) in [7, 11) is 0. The summed E-state index contributed by atoms with van der Waals surface area (Å²) in [5.74, 6) is -1.31. The molecular formula is C16H20N2O4. The van der Waals surface area contributed by atoms with E-state index in [2.05, 4.69) is 10.6 Å². The first-order chi connectivity index (χ1) is 10.4. The lowest BCUT2D eigenvalue weighted by Crippen LogP contribution is -2.41. The van der Waals surface area contributed by atoms with Gasteiger partial charge in [-0.05, 0) is 42.5 Å². The minimum absolute atomic E-state index is 0.0347. The number of aryl methyl sites for hydroxylation is 1. The van der Waals surface area contributed by atoms with Crippen molar-refractivity contribution < 1.29 is 19.5 Å². The lowest BCUT2D eigenvalue weighted by atomic mass is 9.99. The first kappa shape index (κ1) is 16.0. The van der Waals surface area contributed by atoms with E-state index in [0.29, 0.717) is 30.5 Å². The SMILES string of the molecule is CC(C)C[C@H](NC(=O)c1ccc2c(c1)CCC(=O)N2)C(=O)O. The van der Waals surface area contributed by atoms with Gasteiger partial charge in [0.15, 0.2) is 0 Å². The molecule has 1 aliphatic heterocycles. The lowest BCUT2D eigenvalue weighted by Gasteiger charge is -2.19. The van der Waals surface area contributed by atoms with Gasteiger partial charge in [0.1, 0.15) is 6.04 Å². The molecule has 0 aromatic heterocycles. The Morgan fingerprint density at radius 1 is 1.32 bits per heavy atom. The van der Waals surface area contributed by atoms with Gasteiger partial charge in [0.25, 0.3) is 5.91 Å². The third kappa shape index (κ3) is 3.84. The summed E-state index contributed by atoms with van der Waals surface area (Å²) in [6.07, 6.45) is 1.35. The van der Waals surface area contributed by atoms with Crippen LogP contribution in [0, 0.1) is 5.92 Å². The van der Waals surface area contributed by atoms with Crippen LogP contribution in [0.3, 0.4) is 0 Å². The van der Waals surface area contributed by atoms with Crippen LogP contribution >= 0.6 is 0 Å². The van der Waals surface area contributed by atoms with Crippen molar-refractivity contribution >= 4 is 23.5 Å². The molecule has 1 aromatic carbocycles. The summed E-state index contributed by atoms with van der Waals surface area (Å²) in [5, 5.41) is 14.5. The van der Waals surface area contributed by atoms with E-state index in [4.69, 9.17) is 0 Å². The van der Waals surface area contributed by atoms with Crippen molar-refractivity contribution in [2.24, 2.45) is 5.92 Å². The number of aliphatic carboxylic acids is 1. The summed E-state index contributed by atoms with van der Waals surface area (Å²) < 4.78 is 0. The Morgan fingerprint density at radius 2 is 2.05 bits per heavy atom. The maximum absolute atomic E-state index is 12.2. The van der Waals surface area contributed by atoms with E-state index in [-0.39, 0.29) is 11.8 Å². The van der Waals surface area contributed by atoms with Gasteiger partial charge in [-0.2, -0.15) is 0 Å². The molecule has 0 spiro atoms. The third-order valence-corrected chi connectivity index (χ3v) is 3.57. The molecule has 1 heterocycles. The largest absolute Gasteiger partial charge is 0.480 e. The lowest BCUT2D eigenvalue weighted by molar-refractivity contribution is -0.139. The highest BCUT2D eigenvalue weighted by Crippen LogP contribution is 2.23. The van der Waals surface area contributed by atoms with E-state index >= 15 is 0 Å². The van der Waals surface area contributed by atoms with Crippen molar-refractivity contribution in [2.75, 3.05) is 5.32 Å². The Bertz CT molecular complexity index is 610. The molecule has 1 aliphatic rings. The zero-order chi connectivity index (χ0) is 16.3. The van der Waals surface area contributed by atoms with Crippen LogP contribution in [0.15, 0.2) is 18.2 Å². The van der Waals surface area contributed by atoms with Gasteiger partial charge in [0, 0.05) is 17.7 Å². The number of benzene rings is 1. The smallest absolute Gasteiger partial charge is 0.326 e. The van der Waals surface area contributed by atoms with Crippen LogP contribution in [0.1, 0.15) is 42.6 Å². The number of anilines is 1. The number of carboxylic acids is 1. The number of nitrogens with one attached hydrogen (secondary N) is 2. The molecule has 118 valence electrons. The molecular weight excluding hydrogens is 284 g/mol. The minimum atomic E-state index is -1.03. The molecule has 1 aromatic rings. The minimum Gasteiger partial charge on any atom is -0.480 e. The van der Waals surface area contributed by atoms with Gasteiger partial charge in [-0.15, -0.1) is 0 Å². The summed E-state index contributed by atoms with van der Waals surface area (Å²) in [4.78, 5) is 34.7. The van der Waals surface area contributed by atoms with E-state index in [0.717, 1.165) is 5.56 Å². The number of carbonyl (C=O) groups is 3. The van der Waals surface area contributed by atoms with E-state index in [1.54, 1.807) is 18.2 Å². The van der Waals surface area contributed by atoms with E-state index in [1.807, 2.05) is 13.8 Å². The second kappa shape index (κ2) is 6.60. The second-order valence-electron chi connectivity index (χ2n) is 5.91. The third-order valence-electron chi connectivity index (χ3n) is 3.57. The van der Waals surface area contributed by atoms with Crippen molar-refractivity contribution in [3.63, 3.8) is 0 Å². The van der Waals surface area contributed by atoms with Gasteiger partial charge in [0.05, 0.1) is 0 Å². The fraction of sp³-hybridized carbons (Fsp3) is 0.438. The molecule has 0 fully saturated rings. The van der Waals surface area contributed by atoms with Crippen molar-refractivity contribution in [3.05, 3.63) is 29.3 Å². The molecule has 0 saturated carbocycles. The molecule has 2 amide bonds. The van der Waals surface area contributed by atoms with Crippen LogP contribution < -0.4 is 10.6 Å². The van der Waals surface area contributed by atoms with Crippen LogP contribution in [-0.2, 0) is 16.0 Å². The molecule has 0 aliphatic carbocycles. The Hall–Kier alpha value is -2.37. The Balaban J connectivity index is 2.12. The highest BCUT2D eigenvalue weighted by atomic mass is 16.4. The van der Waals surface area contributed by atoms with Gasteiger partial charge < -0.3 is 15.7 Å². The van der Waals surface area contributed by atoms with Crippen LogP contribution in [-0.4, -0.2) is 28.9 Å². The van der Waals surface area contributed by atoms with Crippen molar-refractivity contribution in [1.29, 1.82) is 0 Å². The number of fused-ring (bicyclic) bond motifs is 1. The van der Waals surface area contributed by atoms with Crippen LogP contribution in [0.4, 0.5) is 5.69 Å². The Morgan fingerprint density at radius 3 is 2.68 bits per heavy atom. The first-order valence-electron chi connectivity index (χ1n) is 7.33. The van der Waals surface area contributed by atoms with Crippen LogP contribution in [0.2, 0.25) is 0 Å². The second-order valence-corrected chi connectivity index (χ2v) is 5.91. The van der Waals surface area contributed by atoms with Crippen molar-refractivity contribution in [1.82, 2.24) is 5.32 Å². The topological polar surface area (TPSA) is 95.5 Å². The predicted octanol–water partition coefficient (Wildman–Crippen LogP) is 1.80. The Labute approximate surface area is 128 Å². The fourth-order valence-corrected chi connectivity index (χ4v) is 2.46. The van der Waals surface area contributed by atoms with Gasteiger partial charge in [-0.3, -0.25) is 9.59 Å². The maximum atomic E-state index is 12.2. The molecule has 0 radical (unpaired) electrons. The zero-order valence-electron chi connectivity index (χ0n) is 12.7. The fourth-order valence-electron chi connectivity index (χ4n) is 2.46. The number of rotatable bonds is 5. The molecule has 22 heavy (non-hydrogen) atoms. The van der Waals surface area contributed by atoms with Crippen LogP contribution in [0.25, 0.3) is 0 Å². The van der Waals surface area contributed by atoms with Gasteiger partial charge in [-0.25, -0.2) is 4.79 Å². The van der Waals surface area contributed by atoms with E-state index in [9.17, 15) is 19.5 Å². The molecule has 6 heteroatoms. The maximum Gasteiger partial charge on any atom is 0.326 e. The zero-order valence-corrected chi connectivity index (χ0v) is 12.7. The van der Waals surface area contributed by atoms with E-state index < -0.39 is 17.9 Å². The van der Waals surface area contributed by atoms with Crippen molar-refractivity contribution in [2.45, 2.75) is 39.2 Å². The van der Waals surface area contributed by atoms with E-state index in [1.165, 1.54) is 0 Å². The summed E-state index contributed by atoms with van der Waals surface area (Å²) in [6, 6.07) is 4.08. The first-order valence-corrected chi connectivity index (χ1v) is 7.33. The molecule has 6 nitrogen and oxygen atoms in total. The average Bonchev–Trinajstić information content (AvgIpc) is 2.45. The highest BCUT2D eigenvalue weighted by Gasteiger charge is 2.23. The number of hydrogen-bond donors (Lipinski definition) is 3. The molecule has 3 N–H and O–H groups in total. The summed E-state index contributed by atoms with van der Waals surface area (Å²) in [6.45, 7) is 3.81. The number of amides is 2. The predicted molar refractivity (Wildman–Crippen MR) is 81.7 cm³/mol. The molecule has 1 atom stereocenters. The molecule has 2 rings (SSSR count). The normalized spacial score (nSPS) is 15.0. The highest BCUT2D eigenvalue weighted by molar-refractivity contribution is 5.99. The quantitative estimate of drug-likeness (QED) is 0.773. The number of carboxylic acid groups (broad SMARTS) is 1. The Kier molecular flexibility index (Phi) is 4.80. The summed E-state index contributed by atoms with van der Waals surface area (Å²) >= 11 is 0. The van der Waals surface area contributed by atoms with Gasteiger partial charge >= 0.3 is 5.97 Å². The van der Waals surface area contributed by atoms with Gasteiger partial charge in [-0.1, -0.05) is 13.8 Å². The molecule has 0 unspecified atom stereocenters. The molecule has 0 bridgehead atoms. The molecule has 0 saturated heterocycles. The van der Waals surface area contributed by atoms with Crippen LogP contribution in [0.5, 0.6) is 0 Å². The van der Waals surface area contributed by atoms with Gasteiger partial charge in [0.2, 0.25) is 5.91 Å². The standard InChI is InChI=1S/C16H20N2O4/c1-9(2)7-13(16(21)22)18-15(20)11-3-5-12-10(8-11)4-6-14(19)17-12/h3,5,8-9,13H,4,6-7H2,1-2H3,(H,17,19)(H,18,20)(H,21,22)/t13-/m0/s1. The average molecular weight is 304 g/mol. The number of carbonyl (C=O) groups excluding carboxylic acids is 2. The summed E-state index contributed by atoms with van der Waals surface area (Å²) in [5.41, 5.74) is 2.01.